The fraction of sp³-hybridized carbons (Fsp3) is 0.400. The van der Waals surface area contributed by atoms with Crippen LogP contribution in [-0.2, 0) is 14.3 Å². The Kier molecular flexibility index (Phi) is 4.98. The number of nitrogens with zero attached hydrogens (tertiary/aromatic N) is 1. The molecule has 0 heterocycles. The van der Waals surface area contributed by atoms with E-state index in [2.05, 4.69) is 5.32 Å². The monoisotopic (exact) mass is 306 g/mol. The van der Waals surface area contributed by atoms with Crippen LogP contribution in [0, 0.1) is 0 Å². The van der Waals surface area contributed by atoms with Crippen LogP contribution in [0.5, 0.6) is 5.75 Å². The Bertz CT molecular complexity index is 583. The van der Waals surface area contributed by atoms with Gasteiger partial charge in [-0.05, 0) is 25.0 Å². The van der Waals surface area contributed by atoms with E-state index in [1.807, 2.05) is 0 Å². The SMILES string of the molecule is CN(CC(=O)NC1CC1)C(=O)COC(=O)c1ccccc1O. The van der Waals surface area contributed by atoms with Gasteiger partial charge in [-0.2, -0.15) is 0 Å². The second kappa shape index (κ2) is 6.93. The standard InChI is InChI=1S/C15H18N2O5/c1-17(8-13(19)16-10-6-7-10)14(20)9-22-15(21)11-4-2-3-5-12(11)18/h2-5,10,18H,6-9H2,1H3,(H,16,19). The third-order valence-corrected chi connectivity index (χ3v) is 3.20. The first kappa shape index (κ1) is 15.8. The van der Waals surface area contributed by atoms with Gasteiger partial charge < -0.3 is 20.1 Å². The molecule has 0 aliphatic heterocycles. The number of hydrogen-bond donors (Lipinski definition) is 2. The molecule has 2 N–H and O–H groups in total. The number of carbonyl (C=O) groups is 3. The molecular formula is C15H18N2O5. The predicted molar refractivity (Wildman–Crippen MR) is 77.2 cm³/mol. The highest BCUT2D eigenvalue weighted by atomic mass is 16.5. The van der Waals surface area contributed by atoms with E-state index in [0.717, 1.165) is 12.8 Å². The summed E-state index contributed by atoms with van der Waals surface area (Å²) < 4.78 is 4.84. The molecule has 0 unspecified atom stereocenters. The van der Waals surface area contributed by atoms with Crippen molar-refractivity contribution in [2.45, 2.75) is 18.9 Å². The summed E-state index contributed by atoms with van der Waals surface area (Å²) >= 11 is 0. The average molecular weight is 306 g/mol. The van der Waals surface area contributed by atoms with Crippen LogP contribution >= 0.6 is 0 Å². The van der Waals surface area contributed by atoms with Crippen molar-refractivity contribution in [3.63, 3.8) is 0 Å². The molecule has 0 bridgehead atoms. The van der Waals surface area contributed by atoms with Gasteiger partial charge in [-0.15, -0.1) is 0 Å². The topological polar surface area (TPSA) is 95.9 Å². The quantitative estimate of drug-likeness (QED) is 0.736. The van der Waals surface area contributed by atoms with Gasteiger partial charge in [-0.3, -0.25) is 9.59 Å². The van der Waals surface area contributed by atoms with E-state index in [1.54, 1.807) is 12.1 Å². The molecule has 1 aromatic rings. The molecule has 0 aromatic heterocycles. The molecule has 22 heavy (non-hydrogen) atoms. The van der Waals surface area contributed by atoms with E-state index in [0.29, 0.717) is 0 Å². The summed E-state index contributed by atoms with van der Waals surface area (Å²) in [6.45, 7) is -0.566. The number of phenols is 1. The molecular weight excluding hydrogens is 288 g/mol. The summed E-state index contributed by atoms with van der Waals surface area (Å²) in [5.74, 6) is -1.72. The number of benzene rings is 1. The molecule has 7 heteroatoms. The molecule has 0 spiro atoms. The number of nitrogens with one attached hydrogen (secondary N) is 1. The van der Waals surface area contributed by atoms with Crippen LogP contribution in [0.15, 0.2) is 24.3 Å². The zero-order valence-electron chi connectivity index (χ0n) is 12.2. The molecule has 0 radical (unpaired) electrons. The first-order valence-electron chi connectivity index (χ1n) is 6.96. The van der Waals surface area contributed by atoms with E-state index < -0.39 is 18.5 Å². The Morgan fingerprint density at radius 1 is 1.32 bits per heavy atom. The van der Waals surface area contributed by atoms with Gasteiger partial charge >= 0.3 is 5.97 Å². The van der Waals surface area contributed by atoms with Gasteiger partial charge in [0.25, 0.3) is 5.91 Å². The molecule has 2 amide bonds. The third-order valence-electron chi connectivity index (χ3n) is 3.20. The fourth-order valence-corrected chi connectivity index (χ4v) is 1.77. The number of hydrogen-bond acceptors (Lipinski definition) is 5. The van der Waals surface area contributed by atoms with E-state index >= 15 is 0 Å². The number of phenolic OH excluding ortho intramolecular Hbond substituents is 1. The van der Waals surface area contributed by atoms with Gasteiger partial charge in [0, 0.05) is 13.1 Å². The smallest absolute Gasteiger partial charge is 0.342 e. The van der Waals surface area contributed by atoms with Crippen LogP contribution in [0.4, 0.5) is 0 Å². The number of rotatable bonds is 6. The molecule has 1 aliphatic rings. The van der Waals surface area contributed by atoms with Crippen LogP contribution in [0.25, 0.3) is 0 Å². The van der Waals surface area contributed by atoms with Crippen molar-refractivity contribution in [3.8, 4) is 5.75 Å². The number of likely N-dealkylation sites (N-methyl/N-ethyl adjacent to an activating group) is 1. The molecule has 118 valence electrons. The minimum Gasteiger partial charge on any atom is -0.507 e. The lowest BCUT2D eigenvalue weighted by Gasteiger charge is -2.16. The van der Waals surface area contributed by atoms with Gasteiger partial charge in [0.15, 0.2) is 6.61 Å². The fourth-order valence-electron chi connectivity index (χ4n) is 1.77. The summed E-state index contributed by atoms with van der Waals surface area (Å²) in [6.07, 6.45) is 1.95. The summed E-state index contributed by atoms with van der Waals surface area (Å²) in [6, 6.07) is 6.13. The second-order valence-electron chi connectivity index (χ2n) is 5.18. The lowest BCUT2D eigenvalue weighted by Crippen LogP contribution is -2.40. The maximum absolute atomic E-state index is 11.8. The zero-order valence-corrected chi connectivity index (χ0v) is 12.2. The lowest BCUT2D eigenvalue weighted by molar-refractivity contribution is -0.137. The van der Waals surface area contributed by atoms with Crippen LogP contribution < -0.4 is 5.32 Å². The minimum absolute atomic E-state index is 0.00979. The number of ether oxygens (including phenoxy) is 1. The number of amides is 2. The highest BCUT2D eigenvalue weighted by Gasteiger charge is 2.24. The van der Waals surface area contributed by atoms with E-state index in [1.165, 1.54) is 24.1 Å². The van der Waals surface area contributed by atoms with Gasteiger partial charge in [0.05, 0.1) is 6.54 Å². The number of para-hydroxylation sites is 1. The molecule has 0 saturated heterocycles. The largest absolute Gasteiger partial charge is 0.507 e. The third kappa shape index (κ3) is 4.47. The van der Waals surface area contributed by atoms with Crippen LogP contribution in [0.2, 0.25) is 0 Å². The van der Waals surface area contributed by atoms with Crippen LogP contribution in [-0.4, -0.2) is 54.0 Å². The lowest BCUT2D eigenvalue weighted by atomic mass is 10.2. The molecule has 2 rings (SSSR count). The first-order valence-corrected chi connectivity index (χ1v) is 6.96. The van der Waals surface area contributed by atoms with Gasteiger partial charge in [-0.1, -0.05) is 12.1 Å². The van der Waals surface area contributed by atoms with Crippen molar-refractivity contribution >= 4 is 17.8 Å². The van der Waals surface area contributed by atoms with Gasteiger partial charge in [-0.25, -0.2) is 4.79 Å². The van der Waals surface area contributed by atoms with Crippen LogP contribution in [0.1, 0.15) is 23.2 Å². The first-order chi connectivity index (χ1) is 10.5. The summed E-state index contributed by atoms with van der Waals surface area (Å²) in [5, 5.41) is 12.3. The zero-order chi connectivity index (χ0) is 16.1. The molecule has 1 aliphatic carbocycles. The second-order valence-corrected chi connectivity index (χ2v) is 5.18. The number of esters is 1. The Balaban J connectivity index is 1.77. The highest BCUT2D eigenvalue weighted by molar-refractivity contribution is 5.94. The van der Waals surface area contributed by atoms with Gasteiger partial charge in [0.1, 0.15) is 11.3 Å². The Morgan fingerprint density at radius 2 is 2.00 bits per heavy atom. The Morgan fingerprint density at radius 3 is 2.64 bits per heavy atom. The van der Waals surface area contributed by atoms with Crippen molar-refractivity contribution < 1.29 is 24.2 Å². The molecule has 1 aromatic carbocycles. The predicted octanol–water partition coefficient (Wildman–Crippen LogP) is 0.286. The van der Waals surface area contributed by atoms with Crippen molar-refractivity contribution in [1.82, 2.24) is 10.2 Å². The molecule has 0 atom stereocenters. The van der Waals surface area contributed by atoms with Crippen molar-refractivity contribution in [2.24, 2.45) is 0 Å². The summed E-state index contributed by atoms with van der Waals surface area (Å²) in [7, 11) is 1.46. The van der Waals surface area contributed by atoms with E-state index in [9.17, 15) is 19.5 Å². The Hall–Kier alpha value is -2.57. The van der Waals surface area contributed by atoms with Crippen LogP contribution in [0.3, 0.4) is 0 Å². The number of carbonyl (C=O) groups excluding carboxylic acids is 3. The Labute approximate surface area is 127 Å². The summed E-state index contributed by atoms with van der Waals surface area (Å²) in [4.78, 5) is 36.3. The van der Waals surface area contributed by atoms with Crippen molar-refractivity contribution in [3.05, 3.63) is 29.8 Å². The maximum atomic E-state index is 11.8. The van der Waals surface area contributed by atoms with Gasteiger partial charge in [0.2, 0.25) is 5.91 Å². The average Bonchev–Trinajstić information content (AvgIpc) is 3.28. The molecule has 1 saturated carbocycles. The van der Waals surface area contributed by atoms with E-state index in [4.69, 9.17) is 4.74 Å². The molecule has 7 nitrogen and oxygen atoms in total. The number of aromatic hydroxyl groups is 1. The van der Waals surface area contributed by atoms with Crippen molar-refractivity contribution in [2.75, 3.05) is 20.2 Å². The minimum atomic E-state index is -0.790. The van der Waals surface area contributed by atoms with E-state index in [-0.39, 0.29) is 29.8 Å². The van der Waals surface area contributed by atoms with Crippen molar-refractivity contribution in [1.29, 1.82) is 0 Å². The highest BCUT2D eigenvalue weighted by Crippen LogP contribution is 2.18. The normalized spacial score (nSPS) is 13.3. The summed E-state index contributed by atoms with van der Waals surface area (Å²) in [5.41, 5.74) is -0.00979. The maximum Gasteiger partial charge on any atom is 0.342 e. The molecule has 1 fully saturated rings.